The zero-order valence-electron chi connectivity index (χ0n) is 5.13. The fourth-order valence-corrected chi connectivity index (χ4v) is 0.659. The molecule has 0 aliphatic heterocycles. The summed E-state index contributed by atoms with van der Waals surface area (Å²) in [6, 6.07) is 4.15. The second kappa shape index (κ2) is 2.53. The predicted molar refractivity (Wildman–Crippen MR) is 36.2 cm³/mol. The summed E-state index contributed by atoms with van der Waals surface area (Å²) in [6.45, 7) is 0. The maximum absolute atomic E-state index is 12.5. The Hall–Kier alpha value is -1.29. The zero-order chi connectivity index (χ0) is 7.56. The normalized spacial score (nSPS) is 9.40. The molecule has 1 aromatic carbocycles. The van der Waals surface area contributed by atoms with Gasteiger partial charge in [-0.15, -0.1) is 0 Å². The van der Waals surface area contributed by atoms with Gasteiger partial charge in [0.15, 0.2) is 5.82 Å². The molecule has 0 unspecified atom stereocenters. The number of hydrogen-bond acceptors (Lipinski definition) is 3. The van der Waals surface area contributed by atoms with Crippen molar-refractivity contribution in [3.8, 4) is 0 Å². The zero-order valence-corrected chi connectivity index (χ0v) is 5.13. The van der Waals surface area contributed by atoms with Crippen molar-refractivity contribution < 1.29 is 9.60 Å². The quantitative estimate of drug-likeness (QED) is 0.408. The summed E-state index contributed by atoms with van der Waals surface area (Å²) in [5.74, 6) is -0.567. The number of benzene rings is 1. The molecule has 4 N–H and O–H groups in total. The lowest BCUT2D eigenvalue weighted by Gasteiger charge is -2.02. The third-order valence-corrected chi connectivity index (χ3v) is 1.16. The molecule has 1 aromatic rings. The van der Waals surface area contributed by atoms with Crippen molar-refractivity contribution in [1.29, 1.82) is 0 Å². The van der Waals surface area contributed by atoms with Crippen molar-refractivity contribution in [2.24, 2.45) is 0 Å². The molecular formula is C6H7FN2O. The van der Waals surface area contributed by atoms with Gasteiger partial charge >= 0.3 is 0 Å². The van der Waals surface area contributed by atoms with Crippen LogP contribution in [0.3, 0.4) is 0 Å². The van der Waals surface area contributed by atoms with E-state index in [-0.39, 0.29) is 11.4 Å². The van der Waals surface area contributed by atoms with Crippen molar-refractivity contribution in [2.75, 3.05) is 11.2 Å². The van der Waals surface area contributed by atoms with Gasteiger partial charge in [0.25, 0.3) is 0 Å². The Bertz CT molecular complexity index is 219. The van der Waals surface area contributed by atoms with E-state index in [1.807, 2.05) is 0 Å². The van der Waals surface area contributed by atoms with Crippen LogP contribution < -0.4 is 11.2 Å². The van der Waals surface area contributed by atoms with E-state index in [4.69, 9.17) is 10.9 Å². The third kappa shape index (κ3) is 1.01. The van der Waals surface area contributed by atoms with Crippen LogP contribution in [0.2, 0.25) is 0 Å². The molecule has 0 spiro atoms. The molecule has 1 rings (SSSR count). The van der Waals surface area contributed by atoms with Crippen molar-refractivity contribution >= 4 is 11.4 Å². The maximum Gasteiger partial charge on any atom is 0.150 e. The molecule has 0 amide bonds. The van der Waals surface area contributed by atoms with Crippen LogP contribution in [0.15, 0.2) is 18.2 Å². The van der Waals surface area contributed by atoms with Crippen molar-refractivity contribution in [2.45, 2.75) is 0 Å². The van der Waals surface area contributed by atoms with E-state index in [1.54, 1.807) is 5.48 Å². The Morgan fingerprint density at radius 3 is 2.60 bits per heavy atom. The molecule has 0 aliphatic carbocycles. The number of para-hydroxylation sites is 1. The van der Waals surface area contributed by atoms with E-state index in [9.17, 15) is 4.39 Å². The summed E-state index contributed by atoms with van der Waals surface area (Å²) in [5.41, 5.74) is 7.03. The number of nitrogens with two attached hydrogens (primary N) is 1. The van der Waals surface area contributed by atoms with Crippen LogP contribution in [0.1, 0.15) is 0 Å². The molecule has 0 saturated carbocycles. The van der Waals surface area contributed by atoms with E-state index in [2.05, 4.69) is 0 Å². The molecule has 0 bridgehead atoms. The van der Waals surface area contributed by atoms with E-state index >= 15 is 0 Å². The largest absolute Gasteiger partial charge is 0.397 e. The van der Waals surface area contributed by atoms with Crippen LogP contribution in [0.25, 0.3) is 0 Å². The standard InChI is InChI=1S/C6H7FN2O/c7-4-2-1-3-5(8)6(4)9-10/h1-3,9-10H,8H2. The molecule has 10 heavy (non-hydrogen) atoms. The fourth-order valence-electron chi connectivity index (χ4n) is 0.659. The Morgan fingerprint density at radius 1 is 1.50 bits per heavy atom. The summed E-state index contributed by atoms with van der Waals surface area (Å²) >= 11 is 0. The summed E-state index contributed by atoms with van der Waals surface area (Å²) in [7, 11) is 0. The van der Waals surface area contributed by atoms with Gasteiger partial charge < -0.3 is 5.73 Å². The molecule has 0 radical (unpaired) electrons. The number of anilines is 2. The van der Waals surface area contributed by atoms with Crippen molar-refractivity contribution in [3.05, 3.63) is 24.0 Å². The molecule has 54 valence electrons. The van der Waals surface area contributed by atoms with Gasteiger partial charge in [0.1, 0.15) is 5.69 Å². The third-order valence-electron chi connectivity index (χ3n) is 1.16. The summed E-state index contributed by atoms with van der Waals surface area (Å²) in [4.78, 5) is 0. The molecule has 4 heteroatoms. The Balaban J connectivity index is 3.17. The molecule has 0 atom stereocenters. The van der Waals surface area contributed by atoms with Gasteiger partial charge in [-0.05, 0) is 12.1 Å². The highest BCUT2D eigenvalue weighted by Crippen LogP contribution is 2.20. The van der Waals surface area contributed by atoms with Gasteiger partial charge in [-0.1, -0.05) is 6.07 Å². The Kier molecular flexibility index (Phi) is 1.73. The van der Waals surface area contributed by atoms with Gasteiger partial charge in [0.05, 0.1) is 5.69 Å². The van der Waals surface area contributed by atoms with E-state index in [0.29, 0.717) is 0 Å². The monoisotopic (exact) mass is 142 g/mol. The van der Waals surface area contributed by atoms with E-state index < -0.39 is 5.82 Å². The number of halogens is 1. The molecule has 0 heterocycles. The number of hydrogen-bond donors (Lipinski definition) is 3. The molecule has 0 fully saturated rings. The van der Waals surface area contributed by atoms with Gasteiger partial charge in [-0.3, -0.25) is 10.7 Å². The number of rotatable bonds is 1. The Labute approximate surface area is 57.2 Å². The lowest BCUT2D eigenvalue weighted by molar-refractivity contribution is 0.384. The first-order chi connectivity index (χ1) is 4.75. The molecule has 0 aliphatic rings. The van der Waals surface area contributed by atoms with Crippen LogP contribution in [-0.4, -0.2) is 5.21 Å². The van der Waals surface area contributed by atoms with Crippen molar-refractivity contribution in [3.63, 3.8) is 0 Å². The summed E-state index contributed by atoms with van der Waals surface area (Å²) < 4.78 is 12.5. The SMILES string of the molecule is Nc1cccc(F)c1NO. The van der Waals surface area contributed by atoms with Crippen LogP contribution in [0, 0.1) is 5.82 Å². The first-order valence-electron chi connectivity index (χ1n) is 2.70. The highest BCUT2D eigenvalue weighted by atomic mass is 19.1. The van der Waals surface area contributed by atoms with Crippen LogP contribution in [-0.2, 0) is 0 Å². The topological polar surface area (TPSA) is 58.3 Å². The van der Waals surface area contributed by atoms with Crippen LogP contribution in [0.4, 0.5) is 15.8 Å². The molecule has 0 saturated heterocycles. The minimum atomic E-state index is -0.567. The first kappa shape index (κ1) is 6.82. The Morgan fingerprint density at radius 2 is 2.20 bits per heavy atom. The van der Waals surface area contributed by atoms with Crippen molar-refractivity contribution in [1.82, 2.24) is 0 Å². The van der Waals surface area contributed by atoms with Gasteiger partial charge in [-0.25, -0.2) is 4.39 Å². The van der Waals surface area contributed by atoms with Gasteiger partial charge in [0.2, 0.25) is 0 Å². The number of nitrogens with one attached hydrogen (secondary N) is 1. The molecule has 3 nitrogen and oxygen atoms in total. The maximum atomic E-state index is 12.5. The first-order valence-corrected chi connectivity index (χ1v) is 2.70. The lowest BCUT2D eigenvalue weighted by Crippen LogP contribution is -1.98. The van der Waals surface area contributed by atoms with E-state index in [1.165, 1.54) is 18.2 Å². The molecule has 0 aromatic heterocycles. The second-order valence-corrected chi connectivity index (χ2v) is 1.82. The smallest absolute Gasteiger partial charge is 0.150 e. The summed E-state index contributed by atoms with van der Waals surface area (Å²) in [6.07, 6.45) is 0. The van der Waals surface area contributed by atoms with Gasteiger partial charge in [0, 0.05) is 0 Å². The minimum Gasteiger partial charge on any atom is -0.397 e. The number of nitrogen functional groups attached to an aromatic ring is 1. The van der Waals surface area contributed by atoms with Crippen LogP contribution >= 0.6 is 0 Å². The highest BCUT2D eigenvalue weighted by Gasteiger charge is 2.01. The van der Waals surface area contributed by atoms with E-state index in [0.717, 1.165) is 0 Å². The second-order valence-electron chi connectivity index (χ2n) is 1.82. The fraction of sp³-hybridized carbons (Fsp3) is 0. The predicted octanol–water partition coefficient (Wildman–Crippen LogP) is 1.21. The average molecular weight is 142 g/mol. The minimum absolute atomic E-state index is 0.0810. The highest BCUT2D eigenvalue weighted by molar-refractivity contribution is 5.65. The molecular weight excluding hydrogens is 135 g/mol. The van der Waals surface area contributed by atoms with Gasteiger partial charge in [-0.2, -0.15) is 0 Å². The lowest BCUT2D eigenvalue weighted by atomic mass is 10.3. The average Bonchev–Trinajstić information content (AvgIpc) is 1.88. The summed E-state index contributed by atoms with van der Waals surface area (Å²) in [5, 5.41) is 8.33. The van der Waals surface area contributed by atoms with Crippen LogP contribution in [0.5, 0.6) is 0 Å².